The second kappa shape index (κ2) is 5.87. The van der Waals surface area contributed by atoms with Crippen molar-refractivity contribution in [1.82, 2.24) is 0 Å². The minimum atomic E-state index is 1.06. The third kappa shape index (κ3) is 3.23. The Balaban J connectivity index is 2.18. The van der Waals surface area contributed by atoms with Crippen molar-refractivity contribution in [2.24, 2.45) is 4.40 Å². The number of benzene rings is 2. The minimum absolute atomic E-state index is 1.06. The molecule has 18 heavy (non-hydrogen) atoms. The van der Waals surface area contributed by atoms with E-state index in [0.29, 0.717) is 0 Å². The van der Waals surface area contributed by atoms with Crippen LogP contribution in [0.3, 0.4) is 0 Å². The highest BCUT2D eigenvalue weighted by Crippen LogP contribution is 2.25. The first-order valence-corrected chi connectivity index (χ1v) is 6.78. The summed E-state index contributed by atoms with van der Waals surface area (Å²) in [6.07, 6.45) is 0. The highest BCUT2D eigenvalue weighted by atomic mass is 32.2. The molecule has 0 radical (unpaired) electrons. The van der Waals surface area contributed by atoms with Crippen LogP contribution in [-0.4, -0.2) is 5.71 Å². The second-order valence-corrected chi connectivity index (χ2v) is 5.21. The highest BCUT2D eigenvalue weighted by molar-refractivity contribution is 7.98. The average Bonchev–Trinajstić information content (AvgIpc) is 2.40. The van der Waals surface area contributed by atoms with Gasteiger partial charge < -0.3 is 0 Å². The lowest BCUT2D eigenvalue weighted by Gasteiger charge is -2.04. The van der Waals surface area contributed by atoms with Gasteiger partial charge in [-0.1, -0.05) is 42.5 Å². The molecule has 0 bridgehead atoms. The highest BCUT2D eigenvalue weighted by Gasteiger charge is 2.00. The molecular formula is C16H17NS. The van der Waals surface area contributed by atoms with Gasteiger partial charge in [0, 0.05) is 16.8 Å². The number of aryl methyl sites for hydroxylation is 2. The van der Waals surface area contributed by atoms with Crippen molar-refractivity contribution in [2.45, 2.75) is 25.7 Å². The fourth-order valence-electron chi connectivity index (χ4n) is 1.66. The molecule has 0 saturated carbocycles. The Labute approximate surface area is 113 Å². The molecule has 0 saturated heterocycles. The smallest absolute Gasteiger partial charge is 0.0532 e. The van der Waals surface area contributed by atoms with Gasteiger partial charge in [0.1, 0.15) is 0 Å². The number of rotatable bonds is 3. The van der Waals surface area contributed by atoms with Crippen LogP contribution in [0.4, 0.5) is 0 Å². The summed E-state index contributed by atoms with van der Waals surface area (Å²) in [6, 6.07) is 16.7. The Morgan fingerprint density at radius 1 is 1.00 bits per heavy atom. The van der Waals surface area contributed by atoms with Crippen LogP contribution < -0.4 is 0 Å². The molecule has 0 spiro atoms. The maximum Gasteiger partial charge on any atom is 0.0532 e. The molecule has 2 heteroatoms. The lowest BCUT2D eigenvalue weighted by Crippen LogP contribution is -1.92. The van der Waals surface area contributed by atoms with Gasteiger partial charge in [0.05, 0.1) is 5.71 Å². The number of hydrogen-bond acceptors (Lipinski definition) is 2. The van der Waals surface area contributed by atoms with Gasteiger partial charge in [-0.2, -0.15) is 0 Å². The summed E-state index contributed by atoms with van der Waals surface area (Å²) in [5, 5.41) is 0. The van der Waals surface area contributed by atoms with Crippen LogP contribution in [0.1, 0.15) is 23.6 Å². The quantitative estimate of drug-likeness (QED) is 0.566. The summed E-state index contributed by atoms with van der Waals surface area (Å²) in [5.41, 5.74) is 4.78. The Bertz CT molecular complexity index is 559. The molecule has 0 N–H and O–H groups in total. The maximum absolute atomic E-state index is 4.60. The SMILES string of the molecule is C/C(=N\Sc1cc(C)ccc1C)c1ccccc1. The Morgan fingerprint density at radius 3 is 2.44 bits per heavy atom. The number of nitrogens with zero attached hydrogens (tertiary/aromatic N) is 1. The van der Waals surface area contributed by atoms with Gasteiger partial charge in [-0.15, -0.1) is 0 Å². The first-order valence-electron chi connectivity index (χ1n) is 6.01. The fourth-order valence-corrected chi connectivity index (χ4v) is 2.45. The molecule has 0 aliphatic rings. The molecule has 92 valence electrons. The summed E-state index contributed by atoms with van der Waals surface area (Å²) < 4.78 is 4.60. The van der Waals surface area contributed by atoms with Gasteiger partial charge in [0.2, 0.25) is 0 Å². The van der Waals surface area contributed by atoms with E-state index < -0.39 is 0 Å². The van der Waals surface area contributed by atoms with Gasteiger partial charge in [-0.3, -0.25) is 0 Å². The molecule has 2 aromatic rings. The molecule has 0 aromatic heterocycles. The molecular weight excluding hydrogens is 238 g/mol. The van der Waals surface area contributed by atoms with E-state index in [1.807, 2.05) is 25.1 Å². The molecule has 0 atom stereocenters. The van der Waals surface area contributed by atoms with Crippen LogP contribution in [0.25, 0.3) is 0 Å². The van der Waals surface area contributed by atoms with E-state index in [4.69, 9.17) is 0 Å². The molecule has 0 amide bonds. The van der Waals surface area contributed by atoms with Crippen LogP contribution in [0, 0.1) is 13.8 Å². The molecule has 0 heterocycles. The van der Waals surface area contributed by atoms with Gasteiger partial charge in [0.15, 0.2) is 0 Å². The zero-order valence-corrected chi connectivity index (χ0v) is 11.8. The second-order valence-electron chi connectivity index (χ2n) is 4.40. The van der Waals surface area contributed by atoms with Gasteiger partial charge in [0.25, 0.3) is 0 Å². The Morgan fingerprint density at radius 2 is 1.72 bits per heavy atom. The normalized spacial score (nSPS) is 11.6. The van der Waals surface area contributed by atoms with Crippen LogP contribution in [0.5, 0.6) is 0 Å². The summed E-state index contributed by atoms with van der Waals surface area (Å²) in [5.74, 6) is 0. The average molecular weight is 255 g/mol. The van der Waals surface area contributed by atoms with E-state index in [1.54, 1.807) is 11.9 Å². The predicted molar refractivity (Wildman–Crippen MR) is 80.4 cm³/mol. The van der Waals surface area contributed by atoms with E-state index in [0.717, 1.165) is 5.71 Å². The predicted octanol–water partition coefficient (Wildman–Crippen LogP) is 4.82. The van der Waals surface area contributed by atoms with Crippen molar-refractivity contribution in [3.63, 3.8) is 0 Å². The molecule has 0 fully saturated rings. The van der Waals surface area contributed by atoms with E-state index in [2.05, 4.69) is 48.6 Å². The van der Waals surface area contributed by atoms with Crippen molar-refractivity contribution in [3.8, 4) is 0 Å². The number of hydrogen-bond donors (Lipinski definition) is 0. The summed E-state index contributed by atoms with van der Waals surface area (Å²) in [6.45, 7) is 6.28. The molecule has 0 aliphatic carbocycles. The zero-order valence-electron chi connectivity index (χ0n) is 11.0. The monoisotopic (exact) mass is 255 g/mol. The summed E-state index contributed by atoms with van der Waals surface area (Å²) >= 11 is 1.55. The van der Waals surface area contributed by atoms with Gasteiger partial charge >= 0.3 is 0 Å². The lowest BCUT2D eigenvalue weighted by molar-refractivity contribution is 1.26. The van der Waals surface area contributed by atoms with Crippen LogP contribution >= 0.6 is 11.9 Å². The van der Waals surface area contributed by atoms with Crippen LogP contribution in [0.15, 0.2) is 57.8 Å². The standard InChI is InChI=1S/C16H17NS/c1-12-9-10-13(2)16(11-12)18-17-14(3)15-7-5-4-6-8-15/h4-11H,1-3H3/b17-14+. The first-order chi connectivity index (χ1) is 8.66. The van der Waals surface area contributed by atoms with Gasteiger partial charge in [-0.05, 0) is 43.5 Å². The third-order valence-electron chi connectivity index (χ3n) is 2.82. The lowest BCUT2D eigenvalue weighted by atomic mass is 10.1. The molecule has 0 aliphatic heterocycles. The topological polar surface area (TPSA) is 12.4 Å². The zero-order chi connectivity index (χ0) is 13.0. The third-order valence-corrected chi connectivity index (χ3v) is 3.82. The minimum Gasteiger partial charge on any atom is -0.216 e. The largest absolute Gasteiger partial charge is 0.216 e. The molecule has 1 nitrogen and oxygen atoms in total. The van der Waals surface area contributed by atoms with Crippen LogP contribution in [0.2, 0.25) is 0 Å². The fraction of sp³-hybridized carbons (Fsp3) is 0.188. The van der Waals surface area contributed by atoms with Crippen molar-refractivity contribution < 1.29 is 0 Å². The van der Waals surface area contributed by atoms with Crippen molar-refractivity contribution in [1.29, 1.82) is 0 Å². The Kier molecular flexibility index (Phi) is 4.21. The molecule has 0 unspecified atom stereocenters. The van der Waals surface area contributed by atoms with E-state index >= 15 is 0 Å². The van der Waals surface area contributed by atoms with E-state index in [1.165, 1.54) is 21.6 Å². The first kappa shape index (κ1) is 12.9. The van der Waals surface area contributed by atoms with Gasteiger partial charge in [-0.25, -0.2) is 4.40 Å². The van der Waals surface area contributed by atoms with E-state index in [-0.39, 0.29) is 0 Å². The van der Waals surface area contributed by atoms with Crippen molar-refractivity contribution in [3.05, 3.63) is 65.2 Å². The summed E-state index contributed by atoms with van der Waals surface area (Å²) in [7, 11) is 0. The van der Waals surface area contributed by atoms with Crippen molar-refractivity contribution in [2.75, 3.05) is 0 Å². The Hall–Kier alpha value is -1.54. The molecule has 2 rings (SSSR count). The summed E-state index contributed by atoms with van der Waals surface area (Å²) in [4.78, 5) is 1.23. The maximum atomic E-state index is 4.60. The van der Waals surface area contributed by atoms with E-state index in [9.17, 15) is 0 Å². The molecule has 2 aromatic carbocycles. The van der Waals surface area contributed by atoms with Crippen molar-refractivity contribution >= 4 is 17.7 Å². The van der Waals surface area contributed by atoms with Crippen LogP contribution in [-0.2, 0) is 0 Å².